The summed E-state index contributed by atoms with van der Waals surface area (Å²) in [6.45, 7) is 0. The highest BCUT2D eigenvalue weighted by atomic mass is 32.2. The van der Waals surface area contributed by atoms with Gasteiger partial charge in [0.2, 0.25) is 0 Å². The minimum Gasteiger partial charge on any atom is -0.327 e. The van der Waals surface area contributed by atoms with E-state index in [-0.39, 0.29) is 4.90 Å². The van der Waals surface area contributed by atoms with Crippen LogP contribution in [0.25, 0.3) is 22.1 Å². The Morgan fingerprint density at radius 1 is 1.00 bits per heavy atom. The topological polar surface area (TPSA) is 69.8 Å². The van der Waals surface area contributed by atoms with Crippen molar-refractivity contribution >= 4 is 32.1 Å². The van der Waals surface area contributed by atoms with Gasteiger partial charge >= 0.3 is 0 Å². The van der Waals surface area contributed by atoms with E-state index in [0.717, 1.165) is 22.3 Å². The molecule has 3 aromatic heterocycles. The third kappa shape index (κ3) is 2.16. The Morgan fingerprint density at radius 2 is 1.86 bits per heavy atom. The fourth-order valence-electron chi connectivity index (χ4n) is 5.29. The summed E-state index contributed by atoms with van der Waals surface area (Å²) in [5.41, 5.74) is 2.29. The molecular formula is C21H20N4O2S. The molecule has 2 saturated carbocycles. The molecule has 3 atom stereocenters. The van der Waals surface area contributed by atoms with E-state index in [0.29, 0.717) is 17.6 Å². The van der Waals surface area contributed by atoms with E-state index >= 15 is 0 Å². The molecule has 2 aliphatic carbocycles. The van der Waals surface area contributed by atoms with Gasteiger partial charge in [-0.05, 0) is 49.3 Å². The maximum Gasteiger partial charge on any atom is 0.269 e. The van der Waals surface area contributed by atoms with E-state index < -0.39 is 10.0 Å². The van der Waals surface area contributed by atoms with E-state index in [1.165, 1.54) is 29.7 Å². The zero-order valence-electron chi connectivity index (χ0n) is 15.3. The Bertz CT molecular complexity index is 1310. The first kappa shape index (κ1) is 16.3. The van der Waals surface area contributed by atoms with Crippen LogP contribution in [0, 0.1) is 11.8 Å². The summed E-state index contributed by atoms with van der Waals surface area (Å²) in [6.07, 6.45) is 10.4. The van der Waals surface area contributed by atoms with E-state index in [4.69, 9.17) is 0 Å². The van der Waals surface area contributed by atoms with Crippen molar-refractivity contribution in [2.45, 2.75) is 36.6 Å². The van der Waals surface area contributed by atoms with Crippen LogP contribution < -0.4 is 0 Å². The molecule has 3 unspecified atom stereocenters. The molecule has 0 spiro atoms. The lowest BCUT2D eigenvalue weighted by Gasteiger charge is -2.23. The molecule has 3 heterocycles. The van der Waals surface area contributed by atoms with Crippen LogP contribution in [-0.2, 0) is 10.0 Å². The number of hydrogen-bond donors (Lipinski definition) is 0. The number of benzene rings is 1. The predicted molar refractivity (Wildman–Crippen MR) is 107 cm³/mol. The molecule has 0 aliphatic heterocycles. The van der Waals surface area contributed by atoms with Crippen molar-refractivity contribution in [2.24, 2.45) is 11.8 Å². The third-order valence-electron chi connectivity index (χ3n) is 6.57. The molecule has 0 radical (unpaired) electrons. The quantitative estimate of drug-likeness (QED) is 0.529. The highest BCUT2D eigenvalue weighted by molar-refractivity contribution is 7.90. The first-order valence-electron chi connectivity index (χ1n) is 9.76. The molecule has 7 heteroatoms. The minimum atomic E-state index is -3.69. The van der Waals surface area contributed by atoms with Gasteiger partial charge in [-0.25, -0.2) is 22.4 Å². The summed E-state index contributed by atoms with van der Waals surface area (Å²) >= 11 is 0. The van der Waals surface area contributed by atoms with Gasteiger partial charge in [0.15, 0.2) is 5.65 Å². The van der Waals surface area contributed by atoms with Crippen molar-refractivity contribution < 1.29 is 8.42 Å². The Labute approximate surface area is 162 Å². The number of pyridine rings is 1. The summed E-state index contributed by atoms with van der Waals surface area (Å²) in [5, 5.41) is 0.845. The molecule has 2 fully saturated rings. The monoisotopic (exact) mass is 392 g/mol. The molecule has 4 aromatic rings. The van der Waals surface area contributed by atoms with Crippen LogP contribution in [-0.4, -0.2) is 26.9 Å². The van der Waals surface area contributed by atoms with Crippen LogP contribution in [0.3, 0.4) is 0 Å². The van der Waals surface area contributed by atoms with Crippen LogP contribution in [0.5, 0.6) is 0 Å². The molecule has 6 rings (SSSR count). The van der Waals surface area contributed by atoms with E-state index in [9.17, 15) is 8.42 Å². The molecule has 1 aromatic carbocycles. The predicted octanol–water partition coefficient (Wildman–Crippen LogP) is 3.98. The lowest BCUT2D eigenvalue weighted by molar-refractivity contribution is 0.336. The second-order valence-electron chi connectivity index (χ2n) is 8.05. The van der Waals surface area contributed by atoms with E-state index in [1.807, 2.05) is 18.5 Å². The highest BCUT2D eigenvalue weighted by Crippen LogP contribution is 2.51. The molecule has 2 bridgehead atoms. The van der Waals surface area contributed by atoms with Crippen molar-refractivity contribution in [1.29, 1.82) is 0 Å². The summed E-state index contributed by atoms with van der Waals surface area (Å²) < 4.78 is 29.8. The summed E-state index contributed by atoms with van der Waals surface area (Å²) in [5.74, 6) is 1.54. The van der Waals surface area contributed by atoms with Gasteiger partial charge in [0.25, 0.3) is 10.0 Å². The molecule has 142 valence electrons. The normalized spacial score (nSPS) is 24.5. The Balaban J connectivity index is 1.55. The molecule has 0 N–H and O–H groups in total. The Morgan fingerprint density at radius 3 is 2.61 bits per heavy atom. The van der Waals surface area contributed by atoms with Crippen molar-refractivity contribution in [3.05, 3.63) is 55.1 Å². The average Bonchev–Trinajstić information content (AvgIpc) is 3.49. The lowest BCUT2D eigenvalue weighted by Crippen LogP contribution is -2.15. The van der Waals surface area contributed by atoms with Crippen molar-refractivity contribution in [3.63, 3.8) is 0 Å². The zero-order chi connectivity index (χ0) is 18.9. The highest BCUT2D eigenvalue weighted by Gasteiger charge is 2.41. The number of aromatic nitrogens is 4. The van der Waals surface area contributed by atoms with Gasteiger partial charge in [0, 0.05) is 17.6 Å². The molecule has 0 amide bonds. The van der Waals surface area contributed by atoms with Gasteiger partial charge < -0.3 is 4.57 Å². The second-order valence-corrected chi connectivity index (χ2v) is 9.87. The van der Waals surface area contributed by atoms with Crippen LogP contribution in [0.1, 0.15) is 31.7 Å². The van der Waals surface area contributed by atoms with Crippen LogP contribution >= 0.6 is 0 Å². The van der Waals surface area contributed by atoms with Gasteiger partial charge in [-0.15, -0.1) is 0 Å². The second kappa shape index (κ2) is 5.67. The summed E-state index contributed by atoms with van der Waals surface area (Å²) in [7, 11) is -3.69. The molecule has 2 aliphatic rings. The first-order valence-corrected chi connectivity index (χ1v) is 11.2. The number of imidazole rings is 1. The van der Waals surface area contributed by atoms with Crippen molar-refractivity contribution in [2.75, 3.05) is 0 Å². The van der Waals surface area contributed by atoms with Gasteiger partial charge in [-0.1, -0.05) is 24.6 Å². The molecule has 0 saturated heterocycles. The van der Waals surface area contributed by atoms with E-state index in [2.05, 4.69) is 14.5 Å². The maximum atomic E-state index is 13.1. The SMILES string of the molecule is O=S(=O)(c1ccccc1)n1ccc2c3c(cnc21)ncn3C1CC2CCC1C2. The standard InChI is InChI=1S/C21H20N4O2S/c26-28(27,16-4-2-1-3-5-16)25-9-8-17-20-18(12-22-21(17)25)23-13-24(20)19-11-14-6-7-15(19)10-14/h1-5,8-9,12-15,19H,6-7,10-11H2. The zero-order valence-corrected chi connectivity index (χ0v) is 16.1. The maximum absolute atomic E-state index is 13.1. The first-order chi connectivity index (χ1) is 13.6. The molecule has 28 heavy (non-hydrogen) atoms. The van der Waals surface area contributed by atoms with Gasteiger partial charge in [0.05, 0.1) is 22.9 Å². The van der Waals surface area contributed by atoms with Gasteiger partial charge in [0.1, 0.15) is 5.52 Å². The summed E-state index contributed by atoms with van der Waals surface area (Å²) in [6, 6.07) is 10.8. The number of fused-ring (bicyclic) bond motifs is 5. The van der Waals surface area contributed by atoms with Gasteiger partial charge in [-0.3, -0.25) is 0 Å². The van der Waals surface area contributed by atoms with Crippen LogP contribution in [0.4, 0.5) is 0 Å². The Kier molecular flexibility index (Phi) is 3.30. The fraction of sp³-hybridized carbons (Fsp3) is 0.333. The van der Waals surface area contributed by atoms with E-state index in [1.54, 1.807) is 36.7 Å². The van der Waals surface area contributed by atoms with Gasteiger partial charge in [-0.2, -0.15) is 0 Å². The fourth-order valence-corrected chi connectivity index (χ4v) is 6.61. The number of nitrogens with zero attached hydrogens (tertiary/aromatic N) is 4. The molecule has 6 nitrogen and oxygen atoms in total. The van der Waals surface area contributed by atoms with Crippen molar-refractivity contribution in [1.82, 2.24) is 18.5 Å². The largest absolute Gasteiger partial charge is 0.327 e. The minimum absolute atomic E-state index is 0.260. The number of hydrogen-bond acceptors (Lipinski definition) is 4. The Hall–Kier alpha value is -2.67. The van der Waals surface area contributed by atoms with Crippen LogP contribution in [0.15, 0.2) is 60.0 Å². The summed E-state index contributed by atoms with van der Waals surface area (Å²) in [4.78, 5) is 9.29. The van der Waals surface area contributed by atoms with Crippen LogP contribution in [0.2, 0.25) is 0 Å². The molecular weight excluding hydrogens is 372 g/mol. The lowest BCUT2D eigenvalue weighted by atomic mass is 9.95. The third-order valence-corrected chi connectivity index (χ3v) is 8.25. The van der Waals surface area contributed by atoms with Crippen molar-refractivity contribution in [3.8, 4) is 0 Å². The average molecular weight is 392 g/mol. The number of rotatable bonds is 3. The smallest absolute Gasteiger partial charge is 0.269 e.